The van der Waals surface area contributed by atoms with Crippen LogP contribution in [0.3, 0.4) is 0 Å². The van der Waals surface area contributed by atoms with Gasteiger partial charge in [0.1, 0.15) is 0 Å². The van der Waals surface area contributed by atoms with Crippen LogP contribution in [-0.2, 0) is 4.79 Å². The van der Waals surface area contributed by atoms with Crippen molar-refractivity contribution in [2.75, 3.05) is 18.4 Å². The molecule has 27 heavy (non-hydrogen) atoms. The van der Waals surface area contributed by atoms with Gasteiger partial charge in [0.2, 0.25) is 5.91 Å². The molecule has 4 heteroatoms. The van der Waals surface area contributed by atoms with Crippen molar-refractivity contribution < 1.29 is 9.59 Å². The summed E-state index contributed by atoms with van der Waals surface area (Å²) in [5.74, 6) is 0.0715. The van der Waals surface area contributed by atoms with Gasteiger partial charge in [-0.15, -0.1) is 0 Å². The standard InChI is InChI=1S/C23H28N2O2/c1-15-8-9-20(14-17(15)3)23(27)25-12-10-19(11-13-25)22(26)24-21-7-5-6-16(2)18(21)4/h5-9,14,19H,10-13H2,1-4H3,(H,24,26). The topological polar surface area (TPSA) is 49.4 Å². The van der Waals surface area contributed by atoms with Crippen molar-refractivity contribution >= 4 is 17.5 Å². The van der Waals surface area contributed by atoms with Gasteiger partial charge < -0.3 is 10.2 Å². The van der Waals surface area contributed by atoms with Gasteiger partial charge in [0.25, 0.3) is 5.91 Å². The number of carbonyl (C=O) groups is 2. The first-order chi connectivity index (χ1) is 12.9. The molecule has 1 aliphatic heterocycles. The normalized spacial score (nSPS) is 14.9. The highest BCUT2D eigenvalue weighted by atomic mass is 16.2. The molecule has 1 N–H and O–H groups in total. The number of hydrogen-bond acceptors (Lipinski definition) is 2. The summed E-state index contributed by atoms with van der Waals surface area (Å²) in [6, 6.07) is 11.8. The van der Waals surface area contributed by atoms with Crippen LogP contribution in [0, 0.1) is 33.6 Å². The van der Waals surface area contributed by atoms with Gasteiger partial charge in [-0.25, -0.2) is 0 Å². The van der Waals surface area contributed by atoms with Crippen LogP contribution >= 0.6 is 0 Å². The molecule has 0 aromatic heterocycles. The Labute approximate surface area is 161 Å². The van der Waals surface area contributed by atoms with E-state index in [-0.39, 0.29) is 17.7 Å². The highest BCUT2D eigenvalue weighted by Gasteiger charge is 2.28. The number of nitrogens with one attached hydrogen (secondary N) is 1. The minimum Gasteiger partial charge on any atom is -0.339 e. The van der Waals surface area contributed by atoms with Crippen LogP contribution in [0.1, 0.15) is 45.5 Å². The van der Waals surface area contributed by atoms with E-state index in [4.69, 9.17) is 0 Å². The molecule has 0 radical (unpaired) electrons. The van der Waals surface area contributed by atoms with E-state index < -0.39 is 0 Å². The fraction of sp³-hybridized carbons (Fsp3) is 0.391. The zero-order valence-corrected chi connectivity index (χ0v) is 16.6. The lowest BCUT2D eigenvalue weighted by Crippen LogP contribution is -2.41. The number of benzene rings is 2. The summed E-state index contributed by atoms with van der Waals surface area (Å²) >= 11 is 0. The minimum atomic E-state index is -0.0475. The van der Waals surface area contributed by atoms with Gasteiger partial charge in [-0.2, -0.15) is 0 Å². The third-order valence-electron chi connectivity index (χ3n) is 5.77. The molecule has 0 atom stereocenters. The van der Waals surface area contributed by atoms with Gasteiger partial charge in [0.15, 0.2) is 0 Å². The van der Waals surface area contributed by atoms with Gasteiger partial charge >= 0.3 is 0 Å². The second-order valence-electron chi connectivity index (χ2n) is 7.60. The van der Waals surface area contributed by atoms with E-state index in [0.717, 1.165) is 22.4 Å². The molecule has 142 valence electrons. The SMILES string of the molecule is Cc1ccc(C(=O)N2CCC(C(=O)Nc3cccc(C)c3C)CC2)cc1C. The zero-order chi connectivity index (χ0) is 19.6. The van der Waals surface area contributed by atoms with Crippen LogP contribution in [0.15, 0.2) is 36.4 Å². The van der Waals surface area contributed by atoms with Gasteiger partial charge in [0, 0.05) is 30.3 Å². The van der Waals surface area contributed by atoms with E-state index in [1.807, 2.05) is 69.0 Å². The quantitative estimate of drug-likeness (QED) is 0.877. The summed E-state index contributed by atoms with van der Waals surface area (Å²) in [7, 11) is 0. The van der Waals surface area contributed by atoms with Crippen molar-refractivity contribution in [3.05, 3.63) is 64.2 Å². The summed E-state index contributed by atoms with van der Waals surface area (Å²) in [5.41, 5.74) is 6.21. The smallest absolute Gasteiger partial charge is 0.253 e. The molecule has 1 saturated heterocycles. The number of aryl methyl sites for hydroxylation is 3. The fourth-order valence-electron chi connectivity index (χ4n) is 3.52. The predicted octanol–water partition coefficient (Wildman–Crippen LogP) is 4.41. The Bertz CT molecular complexity index is 865. The second-order valence-corrected chi connectivity index (χ2v) is 7.60. The van der Waals surface area contributed by atoms with E-state index in [0.29, 0.717) is 25.9 Å². The molecule has 2 amide bonds. The average molecular weight is 364 g/mol. The van der Waals surface area contributed by atoms with E-state index in [9.17, 15) is 9.59 Å². The molecule has 2 aromatic carbocycles. The number of likely N-dealkylation sites (tertiary alicyclic amines) is 1. The molecular formula is C23H28N2O2. The summed E-state index contributed by atoms with van der Waals surface area (Å²) in [6.45, 7) is 9.38. The number of carbonyl (C=O) groups excluding carboxylic acids is 2. The molecule has 0 spiro atoms. The van der Waals surface area contributed by atoms with Crippen molar-refractivity contribution in [1.29, 1.82) is 0 Å². The van der Waals surface area contributed by atoms with E-state index in [2.05, 4.69) is 5.32 Å². The molecule has 0 saturated carbocycles. The highest BCUT2D eigenvalue weighted by molar-refractivity contribution is 5.96. The zero-order valence-electron chi connectivity index (χ0n) is 16.6. The Balaban J connectivity index is 1.59. The summed E-state index contributed by atoms with van der Waals surface area (Å²) < 4.78 is 0. The monoisotopic (exact) mass is 364 g/mol. The van der Waals surface area contributed by atoms with Crippen LogP contribution in [0.5, 0.6) is 0 Å². The lowest BCUT2D eigenvalue weighted by molar-refractivity contribution is -0.121. The van der Waals surface area contributed by atoms with Crippen molar-refractivity contribution in [3.8, 4) is 0 Å². The summed E-state index contributed by atoms with van der Waals surface area (Å²) in [6.07, 6.45) is 1.40. The van der Waals surface area contributed by atoms with Crippen LogP contribution in [-0.4, -0.2) is 29.8 Å². The molecule has 0 aliphatic carbocycles. The molecule has 1 aliphatic rings. The first kappa shape index (κ1) is 19.2. The third kappa shape index (κ3) is 4.21. The van der Waals surface area contributed by atoms with Crippen LogP contribution in [0.2, 0.25) is 0 Å². The number of anilines is 1. The third-order valence-corrected chi connectivity index (χ3v) is 5.77. The first-order valence-corrected chi connectivity index (χ1v) is 9.60. The Morgan fingerprint density at radius 3 is 2.30 bits per heavy atom. The van der Waals surface area contributed by atoms with E-state index in [1.165, 1.54) is 11.1 Å². The molecule has 2 aromatic rings. The number of rotatable bonds is 3. The van der Waals surface area contributed by atoms with Gasteiger partial charge in [-0.1, -0.05) is 18.2 Å². The summed E-state index contributed by atoms with van der Waals surface area (Å²) in [5, 5.41) is 3.07. The number of hydrogen-bond donors (Lipinski definition) is 1. The van der Waals surface area contributed by atoms with Crippen molar-refractivity contribution in [3.63, 3.8) is 0 Å². The Morgan fingerprint density at radius 1 is 0.926 bits per heavy atom. The van der Waals surface area contributed by atoms with E-state index in [1.54, 1.807) is 0 Å². The molecule has 0 unspecified atom stereocenters. The molecule has 4 nitrogen and oxygen atoms in total. The Kier molecular flexibility index (Phi) is 5.64. The highest BCUT2D eigenvalue weighted by Crippen LogP contribution is 2.24. The predicted molar refractivity (Wildman–Crippen MR) is 109 cm³/mol. The maximum atomic E-state index is 12.7. The van der Waals surface area contributed by atoms with Crippen molar-refractivity contribution in [1.82, 2.24) is 4.90 Å². The fourth-order valence-corrected chi connectivity index (χ4v) is 3.52. The molecule has 1 fully saturated rings. The van der Waals surface area contributed by atoms with Crippen molar-refractivity contribution in [2.24, 2.45) is 5.92 Å². The lowest BCUT2D eigenvalue weighted by atomic mass is 9.94. The van der Waals surface area contributed by atoms with Crippen molar-refractivity contribution in [2.45, 2.75) is 40.5 Å². The van der Waals surface area contributed by atoms with Gasteiger partial charge in [-0.3, -0.25) is 9.59 Å². The minimum absolute atomic E-state index is 0.0475. The molecular weight excluding hydrogens is 336 g/mol. The maximum absolute atomic E-state index is 12.7. The largest absolute Gasteiger partial charge is 0.339 e. The van der Waals surface area contributed by atoms with Crippen LogP contribution in [0.4, 0.5) is 5.69 Å². The van der Waals surface area contributed by atoms with Gasteiger partial charge in [0.05, 0.1) is 0 Å². The Hall–Kier alpha value is -2.62. The summed E-state index contributed by atoms with van der Waals surface area (Å²) in [4.78, 5) is 27.3. The molecule has 0 bridgehead atoms. The van der Waals surface area contributed by atoms with Gasteiger partial charge in [-0.05, 0) is 81.0 Å². The number of amides is 2. The van der Waals surface area contributed by atoms with E-state index >= 15 is 0 Å². The van der Waals surface area contributed by atoms with Crippen LogP contribution in [0.25, 0.3) is 0 Å². The first-order valence-electron chi connectivity index (χ1n) is 9.60. The molecule has 3 rings (SSSR count). The second kappa shape index (κ2) is 7.95. The average Bonchev–Trinajstić information content (AvgIpc) is 2.67. The molecule has 1 heterocycles. The number of piperidine rings is 1. The number of nitrogens with zero attached hydrogens (tertiary/aromatic N) is 1. The Morgan fingerprint density at radius 2 is 1.63 bits per heavy atom. The van der Waals surface area contributed by atoms with Crippen LogP contribution < -0.4 is 5.32 Å². The maximum Gasteiger partial charge on any atom is 0.253 e. The lowest BCUT2D eigenvalue weighted by Gasteiger charge is -2.31.